The van der Waals surface area contributed by atoms with Gasteiger partial charge in [-0.3, -0.25) is 14.4 Å². The predicted molar refractivity (Wildman–Crippen MR) is 154 cm³/mol. The summed E-state index contributed by atoms with van der Waals surface area (Å²) >= 11 is 0. The van der Waals surface area contributed by atoms with Crippen molar-refractivity contribution < 1.29 is 18.7 Å². The van der Waals surface area contributed by atoms with Gasteiger partial charge in [-0.2, -0.15) is 0 Å². The lowest BCUT2D eigenvalue weighted by molar-refractivity contribution is -0.142. The van der Waals surface area contributed by atoms with Crippen LogP contribution < -0.4 is 5.43 Å². The molecule has 0 spiro atoms. The molecule has 0 saturated carbocycles. The standard InChI is InChI=1S/C33H34N2O5/c1-24-14-15-30-29(17-24)33(38)27(23-40-30)20-34(19-26-11-6-3-7-12-26)32(37)22-35(21-28-13-8-16-39-28)31(36)18-25-9-4-2-5-10-25/h2-7,9-12,14-15,17,23,28H,8,13,16,18-22H2,1H3. The molecule has 5 rings (SSSR count). The zero-order chi connectivity index (χ0) is 27.9. The van der Waals surface area contributed by atoms with E-state index in [-0.39, 0.29) is 42.9 Å². The molecular formula is C33H34N2O5. The summed E-state index contributed by atoms with van der Waals surface area (Å²) in [6.45, 7) is 3.21. The molecule has 1 atom stereocenters. The van der Waals surface area contributed by atoms with Crippen LogP contribution >= 0.6 is 0 Å². The normalized spacial score (nSPS) is 14.8. The van der Waals surface area contributed by atoms with Crippen molar-refractivity contribution in [1.82, 2.24) is 9.80 Å². The van der Waals surface area contributed by atoms with E-state index in [4.69, 9.17) is 9.15 Å². The number of nitrogens with zero attached hydrogens (tertiary/aromatic N) is 2. The Labute approximate surface area is 234 Å². The molecule has 1 aliphatic rings. The van der Waals surface area contributed by atoms with Crippen molar-refractivity contribution in [3.8, 4) is 0 Å². The van der Waals surface area contributed by atoms with Crippen molar-refractivity contribution in [2.75, 3.05) is 19.7 Å². The van der Waals surface area contributed by atoms with Crippen LogP contribution in [0.3, 0.4) is 0 Å². The number of carbonyl (C=O) groups excluding carboxylic acids is 2. The summed E-state index contributed by atoms with van der Waals surface area (Å²) < 4.78 is 11.6. The van der Waals surface area contributed by atoms with E-state index < -0.39 is 0 Å². The lowest BCUT2D eigenvalue weighted by Gasteiger charge is -2.29. The first-order valence-electron chi connectivity index (χ1n) is 13.7. The number of benzene rings is 3. The van der Waals surface area contributed by atoms with Crippen molar-refractivity contribution in [2.45, 2.75) is 45.4 Å². The fourth-order valence-electron chi connectivity index (χ4n) is 5.07. The number of amides is 2. The van der Waals surface area contributed by atoms with Crippen LogP contribution in [0.15, 0.2) is 94.3 Å². The van der Waals surface area contributed by atoms with Crippen LogP contribution in [0.5, 0.6) is 0 Å². The number of aryl methyl sites for hydroxylation is 1. The number of rotatable bonds is 10. The molecule has 1 aliphatic heterocycles. The summed E-state index contributed by atoms with van der Waals surface area (Å²) in [6, 6.07) is 24.6. The number of hydrogen-bond acceptors (Lipinski definition) is 5. The van der Waals surface area contributed by atoms with Crippen LogP contribution in [0.1, 0.15) is 35.1 Å². The van der Waals surface area contributed by atoms with Crippen molar-refractivity contribution in [1.29, 1.82) is 0 Å². The third-order valence-corrected chi connectivity index (χ3v) is 7.25. The van der Waals surface area contributed by atoms with E-state index in [9.17, 15) is 14.4 Å². The van der Waals surface area contributed by atoms with Crippen LogP contribution in [0, 0.1) is 6.92 Å². The Morgan fingerprint density at radius 3 is 2.30 bits per heavy atom. The maximum absolute atomic E-state index is 13.9. The van der Waals surface area contributed by atoms with Crippen LogP contribution in [0.25, 0.3) is 11.0 Å². The van der Waals surface area contributed by atoms with Gasteiger partial charge in [0.1, 0.15) is 5.58 Å². The molecule has 40 heavy (non-hydrogen) atoms. The maximum atomic E-state index is 13.9. The quantitative estimate of drug-likeness (QED) is 0.288. The maximum Gasteiger partial charge on any atom is 0.242 e. The summed E-state index contributed by atoms with van der Waals surface area (Å²) in [6.07, 6.45) is 3.35. The fraction of sp³-hybridized carbons (Fsp3) is 0.303. The van der Waals surface area contributed by atoms with Crippen LogP contribution in [0.4, 0.5) is 0 Å². The first-order valence-corrected chi connectivity index (χ1v) is 13.7. The van der Waals surface area contributed by atoms with Crippen molar-refractivity contribution in [3.05, 3.63) is 118 Å². The Kier molecular flexibility index (Phi) is 8.71. The van der Waals surface area contributed by atoms with E-state index in [1.54, 1.807) is 21.9 Å². The minimum Gasteiger partial charge on any atom is -0.464 e. The average molecular weight is 539 g/mol. The van der Waals surface area contributed by atoms with Gasteiger partial charge >= 0.3 is 0 Å². The van der Waals surface area contributed by atoms with E-state index in [0.29, 0.717) is 36.2 Å². The van der Waals surface area contributed by atoms with E-state index >= 15 is 0 Å². The highest BCUT2D eigenvalue weighted by molar-refractivity contribution is 5.86. The van der Waals surface area contributed by atoms with Gasteiger partial charge < -0.3 is 19.0 Å². The molecular weight excluding hydrogens is 504 g/mol. The summed E-state index contributed by atoms with van der Waals surface area (Å²) in [5.74, 6) is -0.373. The lowest BCUT2D eigenvalue weighted by atomic mass is 10.1. The monoisotopic (exact) mass is 538 g/mol. The van der Waals surface area contributed by atoms with Crippen molar-refractivity contribution in [3.63, 3.8) is 0 Å². The largest absolute Gasteiger partial charge is 0.464 e. The Hall–Kier alpha value is -4.23. The van der Waals surface area contributed by atoms with Gasteiger partial charge in [0.25, 0.3) is 0 Å². The second-order valence-electron chi connectivity index (χ2n) is 10.4. The summed E-state index contributed by atoms with van der Waals surface area (Å²) in [4.78, 5) is 43.9. The zero-order valence-corrected chi connectivity index (χ0v) is 22.8. The molecule has 7 nitrogen and oxygen atoms in total. The SMILES string of the molecule is Cc1ccc2occ(CN(Cc3ccccc3)C(=O)CN(CC3CCCO3)C(=O)Cc3ccccc3)c(=O)c2c1. The van der Waals surface area contributed by atoms with Gasteiger partial charge in [0.05, 0.1) is 42.8 Å². The molecule has 1 fully saturated rings. The highest BCUT2D eigenvalue weighted by Gasteiger charge is 2.27. The summed E-state index contributed by atoms with van der Waals surface area (Å²) in [5.41, 5.74) is 3.52. The van der Waals surface area contributed by atoms with Gasteiger partial charge in [0.15, 0.2) is 5.43 Å². The minimum atomic E-state index is -0.244. The molecule has 206 valence electrons. The third kappa shape index (κ3) is 6.85. The van der Waals surface area contributed by atoms with Gasteiger partial charge in [-0.25, -0.2) is 0 Å². The number of fused-ring (bicyclic) bond motifs is 1. The molecule has 7 heteroatoms. The molecule has 0 aliphatic carbocycles. The summed E-state index contributed by atoms with van der Waals surface area (Å²) in [5, 5.41) is 0.489. The van der Waals surface area contributed by atoms with Gasteiger partial charge in [0.2, 0.25) is 11.8 Å². The molecule has 1 unspecified atom stereocenters. The van der Waals surface area contributed by atoms with E-state index in [1.807, 2.05) is 73.7 Å². The fourth-order valence-corrected chi connectivity index (χ4v) is 5.07. The number of carbonyl (C=O) groups is 2. The second-order valence-corrected chi connectivity index (χ2v) is 10.4. The molecule has 1 aromatic heterocycles. The minimum absolute atomic E-state index is 0.0700. The van der Waals surface area contributed by atoms with Gasteiger partial charge in [0, 0.05) is 19.7 Å². The number of hydrogen-bond donors (Lipinski definition) is 0. The van der Waals surface area contributed by atoms with Gasteiger partial charge in [-0.05, 0) is 43.0 Å². The van der Waals surface area contributed by atoms with E-state index in [1.165, 1.54) is 6.26 Å². The lowest BCUT2D eigenvalue weighted by Crippen LogP contribution is -2.46. The molecule has 2 heterocycles. The Balaban J connectivity index is 1.41. The molecule has 1 saturated heterocycles. The first-order chi connectivity index (χ1) is 19.5. The first kappa shape index (κ1) is 27.3. The molecule has 0 bridgehead atoms. The average Bonchev–Trinajstić information content (AvgIpc) is 3.48. The highest BCUT2D eigenvalue weighted by atomic mass is 16.5. The van der Waals surface area contributed by atoms with Crippen LogP contribution in [0.2, 0.25) is 0 Å². The smallest absolute Gasteiger partial charge is 0.242 e. The van der Waals surface area contributed by atoms with Crippen LogP contribution in [-0.2, 0) is 33.8 Å². The number of ether oxygens (including phenoxy) is 1. The molecule has 0 radical (unpaired) electrons. The Bertz CT molecular complexity index is 1510. The van der Waals surface area contributed by atoms with Crippen LogP contribution in [-0.4, -0.2) is 47.4 Å². The Morgan fingerprint density at radius 1 is 0.875 bits per heavy atom. The molecule has 3 aromatic carbocycles. The third-order valence-electron chi connectivity index (χ3n) is 7.25. The molecule has 4 aromatic rings. The topological polar surface area (TPSA) is 80.1 Å². The zero-order valence-electron chi connectivity index (χ0n) is 22.8. The highest BCUT2D eigenvalue weighted by Crippen LogP contribution is 2.18. The van der Waals surface area contributed by atoms with Gasteiger partial charge in [-0.15, -0.1) is 0 Å². The van der Waals surface area contributed by atoms with Crippen molar-refractivity contribution in [2.24, 2.45) is 0 Å². The van der Waals surface area contributed by atoms with Gasteiger partial charge in [-0.1, -0.05) is 72.3 Å². The van der Waals surface area contributed by atoms with E-state index in [0.717, 1.165) is 29.5 Å². The summed E-state index contributed by atoms with van der Waals surface area (Å²) in [7, 11) is 0. The molecule has 0 N–H and O–H groups in total. The Morgan fingerprint density at radius 2 is 1.60 bits per heavy atom. The molecule has 2 amide bonds. The second kappa shape index (κ2) is 12.7. The van der Waals surface area contributed by atoms with Crippen molar-refractivity contribution >= 4 is 22.8 Å². The predicted octanol–water partition coefficient (Wildman–Crippen LogP) is 4.88. The van der Waals surface area contributed by atoms with E-state index in [2.05, 4.69) is 0 Å².